The number of ether oxygens (including phenoxy) is 2. The van der Waals surface area contributed by atoms with Crippen molar-refractivity contribution < 1.29 is 23.5 Å². The number of benzene rings is 2. The Kier molecular flexibility index (Phi) is 5.53. The van der Waals surface area contributed by atoms with Gasteiger partial charge in [-0.15, -0.1) is 0 Å². The SMILES string of the molecule is CN(CC(=O)Nc1cccc(F)c1)C(=O)COc1cccc2c1OC(C)(C)C2. The third-order valence-electron chi connectivity index (χ3n) is 4.32. The maximum Gasteiger partial charge on any atom is 0.260 e. The van der Waals surface area contributed by atoms with Crippen LogP contribution in [0, 0.1) is 5.82 Å². The van der Waals surface area contributed by atoms with Gasteiger partial charge in [0.05, 0.1) is 6.54 Å². The standard InChI is InChI=1S/C21H23FN2O4/c1-21(2)11-14-6-4-9-17(20(14)28-21)27-13-19(26)24(3)12-18(25)23-16-8-5-7-15(22)10-16/h4-10H,11-13H2,1-3H3,(H,23,25). The number of para-hydroxylation sites is 1. The lowest BCUT2D eigenvalue weighted by Crippen LogP contribution is -2.37. The first kappa shape index (κ1) is 19.7. The average Bonchev–Trinajstić information content (AvgIpc) is 2.93. The molecule has 1 aliphatic rings. The first-order valence-corrected chi connectivity index (χ1v) is 8.96. The van der Waals surface area contributed by atoms with E-state index in [1.807, 2.05) is 26.0 Å². The second kappa shape index (κ2) is 7.88. The number of carbonyl (C=O) groups is 2. The Hall–Kier alpha value is -3.09. The highest BCUT2D eigenvalue weighted by molar-refractivity contribution is 5.94. The number of nitrogens with zero attached hydrogens (tertiary/aromatic N) is 1. The van der Waals surface area contributed by atoms with Crippen LogP contribution in [-0.4, -0.2) is 42.5 Å². The molecular formula is C21H23FN2O4. The van der Waals surface area contributed by atoms with Gasteiger partial charge in [0, 0.05) is 24.7 Å². The molecule has 1 heterocycles. The van der Waals surface area contributed by atoms with Gasteiger partial charge in [-0.3, -0.25) is 9.59 Å². The molecule has 6 nitrogen and oxygen atoms in total. The van der Waals surface area contributed by atoms with Crippen molar-refractivity contribution >= 4 is 17.5 Å². The zero-order chi connectivity index (χ0) is 20.3. The van der Waals surface area contributed by atoms with E-state index in [-0.39, 0.29) is 24.7 Å². The van der Waals surface area contributed by atoms with Gasteiger partial charge in [-0.05, 0) is 38.1 Å². The third kappa shape index (κ3) is 4.79. The summed E-state index contributed by atoms with van der Waals surface area (Å²) in [5.74, 6) is -0.0614. The van der Waals surface area contributed by atoms with E-state index in [0.717, 1.165) is 12.0 Å². The number of nitrogens with one attached hydrogen (secondary N) is 1. The Balaban J connectivity index is 1.53. The van der Waals surface area contributed by atoms with Crippen LogP contribution in [-0.2, 0) is 16.0 Å². The summed E-state index contributed by atoms with van der Waals surface area (Å²) in [6.07, 6.45) is 0.771. The number of amides is 2. The zero-order valence-corrected chi connectivity index (χ0v) is 16.1. The van der Waals surface area contributed by atoms with Gasteiger partial charge in [-0.2, -0.15) is 0 Å². The number of halogens is 1. The third-order valence-corrected chi connectivity index (χ3v) is 4.32. The van der Waals surface area contributed by atoms with Gasteiger partial charge in [-0.25, -0.2) is 4.39 Å². The molecule has 0 bridgehead atoms. The average molecular weight is 386 g/mol. The summed E-state index contributed by atoms with van der Waals surface area (Å²) in [5, 5.41) is 2.55. The smallest absolute Gasteiger partial charge is 0.260 e. The molecule has 1 aliphatic heterocycles. The first-order valence-electron chi connectivity index (χ1n) is 8.96. The summed E-state index contributed by atoms with van der Waals surface area (Å²) in [6.45, 7) is 3.60. The van der Waals surface area contributed by atoms with E-state index in [4.69, 9.17) is 9.47 Å². The zero-order valence-electron chi connectivity index (χ0n) is 16.1. The second-order valence-corrected chi connectivity index (χ2v) is 7.38. The monoisotopic (exact) mass is 386 g/mol. The van der Waals surface area contributed by atoms with Crippen molar-refractivity contribution in [2.24, 2.45) is 0 Å². The van der Waals surface area contributed by atoms with Crippen molar-refractivity contribution in [3.05, 3.63) is 53.8 Å². The van der Waals surface area contributed by atoms with Gasteiger partial charge in [0.2, 0.25) is 5.91 Å². The molecule has 0 fully saturated rings. The Bertz CT molecular complexity index is 898. The van der Waals surface area contributed by atoms with Gasteiger partial charge >= 0.3 is 0 Å². The maximum atomic E-state index is 13.2. The summed E-state index contributed by atoms with van der Waals surface area (Å²) in [5.41, 5.74) is 1.07. The first-order chi connectivity index (χ1) is 13.2. The number of likely N-dealkylation sites (N-methyl/N-ethyl adjacent to an activating group) is 1. The lowest BCUT2D eigenvalue weighted by atomic mass is 10.0. The van der Waals surface area contributed by atoms with Crippen LogP contribution in [0.3, 0.4) is 0 Å². The van der Waals surface area contributed by atoms with Crippen LogP contribution in [0.4, 0.5) is 10.1 Å². The molecule has 0 saturated carbocycles. The van der Waals surface area contributed by atoms with Crippen molar-refractivity contribution in [3.63, 3.8) is 0 Å². The molecule has 28 heavy (non-hydrogen) atoms. The summed E-state index contributed by atoms with van der Waals surface area (Å²) in [4.78, 5) is 25.6. The number of fused-ring (bicyclic) bond motifs is 1. The second-order valence-electron chi connectivity index (χ2n) is 7.38. The van der Waals surface area contributed by atoms with E-state index in [9.17, 15) is 14.0 Å². The summed E-state index contributed by atoms with van der Waals surface area (Å²) in [7, 11) is 1.51. The van der Waals surface area contributed by atoms with E-state index < -0.39 is 11.7 Å². The van der Waals surface area contributed by atoms with Gasteiger partial charge in [0.25, 0.3) is 5.91 Å². The van der Waals surface area contributed by atoms with Crippen LogP contribution in [0.15, 0.2) is 42.5 Å². The largest absolute Gasteiger partial charge is 0.483 e. The lowest BCUT2D eigenvalue weighted by molar-refractivity contribution is -0.135. The fourth-order valence-electron chi connectivity index (χ4n) is 3.02. The molecular weight excluding hydrogens is 363 g/mol. The molecule has 2 amide bonds. The Labute approximate surface area is 163 Å². The number of hydrogen-bond donors (Lipinski definition) is 1. The molecule has 0 spiro atoms. The van der Waals surface area contributed by atoms with Crippen LogP contribution in [0.5, 0.6) is 11.5 Å². The summed E-state index contributed by atoms with van der Waals surface area (Å²) in [6, 6.07) is 11.2. The minimum atomic E-state index is -0.448. The highest BCUT2D eigenvalue weighted by Gasteiger charge is 2.32. The van der Waals surface area contributed by atoms with E-state index >= 15 is 0 Å². The quantitative estimate of drug-likeness (QED) is 0.829. The molecule has 0 radical (unpaired) electrons. The summed E-state index contributed by atoms with van der Waals surface area (Å²) < 4.78 is 24.7. The minimum absolute atomic E-state index is 0.171. The fraction of sp³-hybridized carbons (Fsp3) is 0.333. The predicted molar refractivity (Wildman–Crippen MR) is 103 cm³/mol. The van der Waals surface area contributed by atoms with Gasteiger partial charge in [0.1, 0.15) is 11.4 Å². The van der Waals surface area contributed by atoms with E-state index in [1.165, 1.54) is 30.1 Å². The Morgan fingerprint density at radius 3 is 2.75 bits per heavy atom. The van der Waals surface area contributed by atoms with Gasteiger partial charge in [-0.1, -0.05) is 18.2 Å². The molecule has 0 saturated heterocycles. The number of hydrogen-bond acceptors (Lipinski definition) is 4. The summed E-state index contributed by atoms with van der Waals surface area (Å²) >= 11 is 0. The van der Waals surface area contributed by atoms with Gasteiger partial charge in [0.15, 0.2) is 18.1 Å². The topological polar surface area (TPSA) is 67.9 Å². The van der Waals surface area contributed by atoms with Crippen molar-refractivity contribution in [3.8, 4) is 11.5 Å². The molecule has 0 aliphatic carbocycles. The van der Waals surface area contributed by atoms with Crippen LogP contribution < -0.4 is 14.8 Å². The van der Waals surface area contributed by atoms with E-state index in [2.05, 4.69) is 5.32 Å². The van der Waals surface area contributed by atoms with Crippen molar-refractivity contribution in [2.45, 2.75) is 25.9 Å². The van der Waals surface area contributed by atoms with Crippen LogP contribution in [0.1, 0.15) is 19.4 Å². The molecule has 0 atom stereocenters. The maximum absolute atomic E-state index is 13.2. The molecule has 2 aromatic rings. The Morgan fingerprint density at radius 2 is 2.00 bits per heavy atom. The van der Waals surface area contributed by atoms with E-state index in [1.54, 1.807) is 12.1 Å². The van der Waals surface area contributed by atoms with Gasteiger partial charge < -0.3 is 19.7 Å². The number of rotatable bonds is 6. The van der Waals surface area contributed by atoms with E-state index in [0.29, 0.717) is 17.2 Å². The van der Waals surface area contributed by atoms with Crippen molar-refractivity contribution in [1.29, 1.82) is 0 Å². The van der Waals surface area contributed by atoms with Crippen LogP contribution in [0.25, 0.3) is 0 Å². The molecule has 0 unspecified atom stereocenters. The highest BCUT2D eigenvalue weighted by Crippen LogP contribution is 2.41. The van der Waals surface area contributed by atoms with Crippen molar-refractivity contribution in [2.75, 3.05) is 25.5 Å². The molecule has 148 valence electrons. The van der Waals surface area contributed by atoms with Crippen LogP contribution >= 0.6 is 0 Å². The normalized spacial score (nSPS) is 14.0. The molecule has 0 aromatic heterocycles. The number of carbonyl (C=O) groups excluding carboxylic acids is 2. The highest BCUT2D eigenvalue weighted by atomic mass is 19.1. The lowest BCUT2D eigenvalue weighted by Gasteiger charge is -2.19. The van der Waals surface area contributed by atoms with Crippen LogP contribution in [0.2, 0.25) is 0 Å². The molecule has 3 rings (SSSR count). The molecule has 1 N–H and O–H groups in total. The minimum Gasteiger partial charge on any atom is -0.483 e. The Morgan fingerprint density at radius 1 is 1.25 bits per heavy atom. The molecule has 7 heteroatoms. The predicted octanol–water partition coefficient (Wildman–Crippen LogP) is 3.02. The fourth-order valence-corrected chi connectivity index (χ4v) is 3.02. The number of anilines is 1. The molecule has 2 aromatic carbocycles. The van der Waals surface area contributed by atoms with Crippen molar-refractivity contribution in [1.82, 2.24) is 4.90 Å².